The molecule has 1 amide bonds. The normalized spacial score (nSPS) is 18.9. The third-order valence-electron chi connectivity index (χ3n) is 4.99. The van der Waals surface area contributed by atoms with Crippen molar-refractivity contribution in [1.29, 1.82) is 0 Å². The molecule has 3 aromatic heterocycles. The van der Waals surface area contributed by atoms with Crippen LogP contribution < -0.4 is 10.6 Å². The van der Waals surface area contributed by atoms with E-state index in [1.165, 1.54) is 11.0 Å². The number of fused-ring (bicyclic) bond motifs is 1. The van der Waals surface area contributed by atoms with E-state index in [-0.39, 0.29) is 31.0 Å². The maximum Gasteiger partial charge on any atom is 0.246 e. The first-order chi connectivity index (χ1) is 14.4. The van der Waals surface area contributed by atoms with Crippen molar-refractivity contribution in [1.82, 2.24) is 34.2 Å². The van der Waals surface area contributed by atoms with Crippen LogP contribution in [0.15, 0.2) is 31.4 Å². The Morgan fingerprint density at radius 2 is 2.17 bits per heavy atom. The molecule has 4 heterocycles. The molecular formula is C19H24FN9O. The number of halogens is 1. The summed E-state index contributed by atoms with van der Waals surface area (Å²) >= 11 is 0. The first kappa shape index (κ1) is 19.8. The lowest BCUT2D eigenvalue weighted by Crippen LogP contribution is -2.32. The highest BCUT2D eigenvalue weighted by Gasteiger charge is 2.35. The lowest BCUT2D eigenvalue weighted by Gasteiger charge is -2.16. The number of nitrogens with zero attached hydrogens (tertiary/aromatic N) is 7. The monoisotopic (exact) mass is 413 g/mol. The molecule has 3 aromatic rings. The van der Waals surface area contributed by atoms with E-state index in [2.05, 4.69) is 37.3 Å². The van der Waals surface area contributed by atoms with E-state index in [1.54, 1.807) is 17.2 Å². The van der Waals surface area contributed by atoms with E-state index in [9.17, 15) is 9.18 Å². The van der Waals surface area contributed by atoms with Gasteiger partial charge in [-0.05, 0) is 19.9 Å². The molecule has 1 fully saturated rings. The maximum absolute atomic E-state index is 14.5. The average Bonchev–Trinajstić information content (AvgIpc) is 3.40. The molecule has 10 nitrogen and oxygen atoms in total. The minimum atomic E-state index is -1.24. The van der Waals surface area contributed by atoms with Gasteiger partial charge in [-0.1, -0.05) is 6.58 Å². The minimum absolute atomic E-state index is 0.00941. The lowest BCUT2D eigenvalue weighted by molar-refractivity contribution is -0.125. The zero-order valence-corrected chi connectivity index (χ0v) is 17.1. The first-order valence-electron chi connectivity index (χ1n) is 9.68. The Kier molecular flexibility index (Phi) is 5.10. The number of anilines is 3. The second kappa shape index (κ2) is 7.73. The number of carbonyl (C=O) groups is 1. The molecule has 1 aliphatic rings. The fourth-order valence-electron chi connectivity index (χ4n) is 3.44. The summed E-state index contributed by atoms with van der Waals surface area (Å²) in [6.07, 6.45) is 5.15. The number of aryl methyl sites for hydroxylation is 1. The molecule has 0 aromatic carbocycles. The first-order valence-corrected chi connectivity index (χ1v) is 9.68. The summed E-state index contributed by atoms with van der Waals surface area (Å²) in [5.74, 6) is 0.453. The number of hydrogen-bond acceptors (Lipinski definition) is 7. The van der Waals surface area contributed by atoms with E-state index in [0.29, 0.717) is 17.0 Å². The number of nitrogens with one attached hydrogen (secondary N) is 2. The van der Waals surface area contributed by atoms with Gasteiger partial charge in [0.2, 0.25) is 11.9 Å². The average molecular weight is 413 g/mol. The maximum atomic E-state index is 14.5. The number of carbonyl (C=O) groups excluding carboxylic acids is 1. The van der Waals surface area contributed by atoms with Crippen LogP contribution >= 0.6 is 0 Å². The van der Waals surface area contributed by atoms with Crippen molar-refractivity contribution in [2.75, 3.05) is 23.7 Å². The molecule has 4 rings (SSSR count). The summed E-state index contributed by atoms with van der Waals surface area (Å²) in [6.45, 7) is 7.73. The van der Waals surface area contributed by atoms with Crippen LogP contribution in [0, 0.1) is 0 Å². The highest BCUT2D eigenvalue weighted by atomic mass is 19.1. The second-order valence-electron chi connectivity index (χ2n) is 7.56. The second-order valence-corrected chi connectivity index (χ2v) is 7.56. The molecular weight excluding hydrogens is 389 g/mol. The molecule has 2 N–H and O–H groups in total. The summed E-state index contributed by atoms with van der Waals surface area (Å²) in [4.78, 5) is 26.8. The van der Waals surface area contributed by atoms with Crippen LogP contribution in [0.4, 0.5) is 21.8 Å². The van der Waals surface area contributed by atoms with Crippen molar-refractivity contribution in [2.45, 2.75) is 32.1 Å². The minimum Gasteiger partial charge on any atom is -0.347 e. The Morgan fingerprint density at radius 1 is 1.37 bits per heavy atom. The molecule has 0 aliphatic carbocycles. The SMILES string of the molecule is C=CC(=O)N1CC(F)C(Nc2nc(Nc3cnn(C)c3)c3ncn(C(C)C)c3n2)C1. The van der Waals surface area contributed by atoms with Gasteiger partial charge < -0.3 is 20.1 Å². The Labute approximate surface area is 172 Å². The van der Waals surface area contributed by atoms with Crippen LogP contribution in [0.25, 0.3) is 11.2 Å². The molecule has 11 heteroatoms. The van der Waals surface area contributed by atoms with Crippen molar-refractivity contribution in [3.05, 3.63) is 31.4 Å². The Morgan fingerprint density at radius 3 is 2.83 bits per heavy atom. The van der Waals surface area contributed by atoms with Gasteiger partial charge in [-0.15, -0.1) is 0 Å². The number of alkyl halides is 1. The molecule has 0 radical (unpaired) electrons. The molecule has 2 unspecified atom stereocenters. The molecule has 0 bridgehead atoms. The molecule has 30 heavy (non-hydrogen) atoms. The molecule has 158 valence electrons. The number of hydrogen-bond donors (Lipinski definition) is 2. The topological polar surface area (TPSA) is 106 Å². The summed E-state index contributed by atoms with van der Waals surface area (Å²) in [7, 11) is 1.82. The van der Waals surface area contributed by atoms with Gasteiger partial charge >= 0.3 is 0 Å². The fraction of sp³-hybridized carbons (Fsp3) is 0.421. The van der Waals surface area contributed by atoms with Gasteiger partial charge in [0.25, 0.3) is 0 Å². The van der Waals surface area contributed by atoms with E-state index in [1.807, 2.05) is 31.7 Å². The highest BCUT2D eigenvalue weighted by Crippen LogP contribution is 2.27. The van der Waals surface area contributed by atoms with Gasteiger partial charge in [-0.3, -0.25) is 9.48 Å². The van der Waals surface area contributed by atoms with Crippen molar-refractivity contribution >= 4 is 34.5 Å². The predicted octanol–water partition coefficient (Wildman–Crippen LogP) is 2.03. The van der Waals surface area contributed by atoms with Gasteiger partial charge in [0.1, 0.15) is 6.17 Å². The van der Waals surface area contributed by atoms with Crippen LogP contribution in [-0.4, -0.2) is 65.4 Å². The molecule has 1 aliphatic heterocycles. The van der Waals surface area contributed by atoms with Gasteiger partial charge in [-0.25, -0.2) is 9.37 Å². The molecule has 1 saturated heterocycles. The van der Waals surface area contributed by atoms with Crippen LogP contribution in [-0.2, 0) is 11.8 Å². The zero-order chi connectivity index (χ0) is 21.4. The highest BCUT2D eigenvalue weighted by molar-refractivity contribution is 5.88. The van der Waals surface area contributed by atoms with Crippen LogP contribution in [0.5, 0.6) is 0 Å². The molecule has 2 atom stereocenters. The van der Waals surface area contributed by atoms with Crippen LogP contribution in [0.3, 0.4) is 0 Å². The quantitative estimate of drug-likeness (QED) is 0.596. The smallest absolute Gasteiger partial charge is 0.246 e. The third kappa shape index (κ3) is 3.70. The molecule has 0 spiro atoms. The lowest BCUT2D eigenvalue weighted by atomic mass is 10.2. The zero-order valence-electron chi connectivity index (χ0n) is 17.1. The fourth-order valence-corrected chi connectivity index (χ4v) is 3.44. The van der Waals surface area contributed by atoms with Crippen molar-refractivity contribution in [3.8, 4) is 0 Å². The Hall–Kier alpha value is -3.50. The Bertz CT molecular complexity index is 1090. The number of rotatable bonds is 6. The number of likely N-dealkylation sites (tertiary alicyclic amines) is 1. The van der Waals surface area contributed by atoms with Crippen LogP contribution in [0.2, 0.25) is 0 Å². The van der Waals surface area contributed by atoms with Crippen molar-refractivity contribution in [2.24, 2.45) is 7.05 Å². The third-order valence-corrected chi connectivity index (χ3v) is 4.99. The van der Waals surface area contributed by atoms with E-state index in [4.69, 9.17) is 0 Å². The predicted molar refractivity (Wildman–Crippen MR) is 111 cm³/mol. The standard InChI is InChI=1S/C19H24FN9O/c1-5-15(30)28-8-13(20)14(9-28)24-19-25-17(23-12-6-22-27(4)7-12)16-18(26-19)29(10-21-16)11(2)3/h5-7,10-11,13-14H,1,8-9H2,2-4H3,(H2,23,24,25,26). The van der Waals surface area contributed by atoms with Crippen LogP contribution in [0.1, 0.15) is 19.9 Å². The number of imidazole rings is 1. The van der Waals surface area contributed by atoms with Crippen molar-refractivity contribution in [3.63, 3.8) is 0 Å². The van der Waals surface area contributed by atoms with Gasteiger partial charge in [0, 0.05) is 25.8 Å². The summed E-state index contributed by atoms with van der Waals surface area (Å²) in [5.41, 5.74) is 1.97. The van der Waals surface area contributed by atoms with Gasteiger partial charge in [0.15, 0.2) is 17.0 Å². The molecule has 0 saturated carbocycles. The van der Waals surface area contributed by atoms with E-state index < -0.39 is 12.2 Å². The number of aromatic nitrogens is 6. The summed E-state index contributed by atoms with van der Waals surface area (Å²) in [6, 6.07) is -0.488. The van der Waals surface area contributed by atoms with Crippen molar-refractivity contribution < 1.29 is 9.18 Å². The Balaban J connectivity index is 1.68. The summed E-state index contributed by atoms with van der Waals surface area (Å²) in [5, 5.41) is 10.4. The largest absolute Gasteiger partial charge is 0.347 e. The van der Waals surface area contributed by atoms with Gasteiger partial charge in [-0.2, -0.15) is 15.1 Å². The van der Waals surface area contributed by atoms with Gasteiger partial charge in [0.05, 0.1) is 30.8 Å². The van der Waals surface area contributed by atoms with E-state index >= 15 is 0 Å². The number of amides is 1. The summed E-state index contributed by atoms with van der Waals surface area (Å²) < 4.78 is 18.1. The van der Waals surface area contributed by atoms with E-state index in [0.717, 1.165) is 5.69 Å².